The molecule has 10 aromatic rings. The molecule has 0 unspecified atom stereocenters. The molecule has 0 saturated heterocycles. The van der Waals surface area contributed by atoms with Crippen LogP contribution in [0.1, 0.15) is 0 Å². The van der Waals surface area contributed by atoms with E-state index in [1.165, 1.54) is 52.7 Å². The number of benzene rings is 10. The normalized spacial score (nSPS) is 12.6. The molecule has 0 fully saturated rings. The van der Waals surface area contributed by atoms with Crippen LogP contribution < -0.4 is 41.8 Å². The molecule has 0 atom stereocenters. The van der Waals surface area contributed by atoms with Crippen LogP contribution in [0, 0.1) is 0 Å². The molecule has 0 radical (unpaired) electrons. The quantitative estimate of drug-likeness (QED) is 0.0825. The van der Waals surface area contributed by atoms with Gasteiger partial charge in [-0.05, 0) is 64.8 Å². The Labute approximate surface area is 373 Å². The topological polar surface area (TPSA) is 24.7 Å². The zero-order valence-corrected chi connectivity index (χ0v) is 38.3. The van der Waals surface area contributed by atoms with Crippen LogP contribution in [0.15, 0.2) is 228 Å². The molecule has 0 aliphatic rings. The summed E-state index contributed by atoms with van der Waals surface area (Å²) < 4.78 is 0. The monoisotopic (exact) mass is 902 g/mol. The molecule has 0 amide bonds. The zero-order valence-electron chi connectivity index (χ0n) is 33.8. The Balaban J connectivity index is 0.00000154. The van der Waals surface area contributed by atoms with E-state index in [1.54, 1.807) is 0 Å². The summed E-state index contributed by atoms with van der Waals surface area (Å²) in [5.74, 6) is 0. The molecule has 0 spiro atoms. The number of rotatable bonds is 8. The predicted octanol–water partition coefficient (Wildman–Crippen LogP) is 10.1. The van der Waals surface area contributed by atoms with Crippen molar-refractivity contribution in [2.75, 3.05) is 0 Å². The molecular formula is C54H42Cl2N2NiSi2. The van der Waals surface area contributed by atoms with Crippen molar-refractivity contribution in [2.24, 2.45) is 9.98 Å². The number of halogens is 2. The van der Waals surface area contributed by atoms with Crippen LogP contribution in [-0.4, -0.2) is 16.1 Å². The van der Waals surface area contributed by atoms with Crippen molar-refractivity contribution in [3.05, 3.63) is 229 Å². The fourth-order valence-corrected chi connectivity index (χ4v) is 16.8. The van der Waals surface area contributed by atoms with Gasteiger partial charge in [-0.15, -0.1) is 0 Å². The van der Waals surface area contributed by atoms with Gasteiger partial charge in [-0.1, -0.05) is 219 Å². The summed E-state index contributed by atoms with van der Waals surface area (Å²) >= 11 is 0.569. The molecule has 0 aliphatic heterocycles. The average molecular weight is 905 g/mol. The molecule has 300 valence electrons. The third-order valence-corrected chi connectivity index (χ3v) is 21.3. The second-order valence-electron chi connectivity index (χ2n) is 15.6. The minimum absolute atomic E-state index is 0.569. The van der Waals surface area contributed by atoms with Gasteiger partial charge in [0.2, 0.25) is 0 Å². The third-order valence-electron chi connectivity index (χ3n) is 12.4. The molecule has 10 aromatic carbocycles. The van der Waals surface area contributed by atoms with E-state index < -0.39 is 16.1 Å². The van der Waals surface area contributed by atoms with E-state index in [-0.39, 0.29) is 0 Å². The third kappa shape index (κ3) is 7.45. The Morgan fingerprint density at radius 2 is 0.639 bits per heavy atom. The van der Waals surface area contributed by atoms with Gasteiger partial charge in [0, 0.05) is 10.8 Å². The Bertz CT molecular complexity index is 2930. The van der Waals surface area contributed by atoms with Gasteiger partial charge >= 0.3 is 33.0 Å². The van der Waals surface area contributed by atoms with E-state index in [4.69, 9.17) is 30.4 Å². The maximum atomic E-state index is 5.86. The van der Waals surface area contributed by atoms with Gasteiger partial charge in [0.05, 0.1) is 22.1 Å². The molecule has 0 bridgehead atoms. The molecular weight excluding hydrogens is 862 g/mol. The first-order valence-electron chi connectivity index (χ1n) is 20.3. The Morgan fingerprint density at radius 3 is 0.967 bits per heavy atom. The van der Waals surface area contributed by atoms with E-state index >= 15 is 0 Å². The summed E-state index contributed by atoms with van der Waals surface area (Å²) in [4.78, 5) is 11.7. The van der Waals surface area contributed by atoms with Gasteiger partial charge < -0.3 is 0 Å². The van der Waals surface area contributed by atoms with Crippen LogP contribution in [0.3, 0.4) is 0 Å². The van der Waals surface area contributed by atoms with Crippen molar-refractivity contribution in [3.63, 3.8) is 0 Å². The first-order valence-corrected chi connectivity index (χ1v) is 28.0. The van der Waals surface area contributed by atoms with E-state index in [2.05, 4.69) is 231 Å². The SMILES string of the molecule is C[Si](c1ccccc1)(c1ccccc1)c1ccccc1N=c1c(=Nc2ccccc2[Si](C)(c2ccccc2)c2ccccc2)c2cccc3ccc4cccc1c4c32.[Cl][Ni][Cl]. The standard InChI is InChI=1S/C54H42N2Si2.2ClH.Ni/c1-57(41-23-7-3-8-24-41,42-25-9-4-10-26-42)49-35-17-15-33-47(49)55-53-45-31-19-21-39-37-38-40-22-20-32-46(52(40)51(39)45)54(53)56-48-34-16-18-36-50(48)58(2,43-27-11-5-12-28-43)44-29-13-6-14-30-44;;;/h3-38H,1-2H3;2*1H;/q;;;+2/p-2. The van der Waals surface area contributed by atoms with Crippen molar-refractivity contribution in [3.8, 4) is 0 Å². The van der Waals surface area contributed by atoms with Gasteiger partial charge in [-0.2, -0.15) is 0 Å². The summed E-state index contributed by atoms with van der Waals surface area (Å²) in [6, 6.07) is 79.6. The fourth-order valence-electron chi connectivity index (χ4n) is 9.30. The van der Waals surface area contributed by atoms with Crippen LogP contribution in [0.2, 0.25) is 13.1 Å². The molecule has 0 N–H and O–H groups in total. The summed E-state index contributed by atoms with van der Waals surface area (Å²) in [5, 5.41) is 16.9. The predicted molar refractivity (Wildman–Crippen MR) is 263 cm³/mol. The van der Waals surface area contributed by atoms with Crippen LogP contribution in [-0.2, 0) is 12.7 Å². The van der Waals surface area contributed by atoms with Crippen molar-refractivity contribution >= 4 is 111 Å². The molecule has 0 heterocycles. The number of nitrogens with zero attached hydrogens (tertiary/aromatic N) is 2. The molecule has 0 aliphatic carbocycles. The summed E-state index contributed by atoms with van der Waals surface area (Å²) in [7, 11) is 4.33. The fraction of sp³-hybridized carbons (Fsp3) is 0.0370. The molecule has 10 rings (SSSR count). The molecule has 2 nitrogen and oxygen atoms in total. The number of para-hydroxylation sites is 2. The van der Waals surface area contributed by atoms with Crippen molar-refractivity contribution < 1.29 is 12.7 Å². The van der Waals surface area contributed by atoms with Gasteiger partial charge in [0.25, 0.3) is 0 Å². The van der Waals surface area contributed by atoms with E-state index in [1.807, 2.05) is 0 Å². The Kier molecular flexibility index (Phi) is 11.9. The van der Waals surface area contributed by atoms with Crippen LogP contribution >= 0.6 is 20.4 Å². The van der Waals surface area contributed by atoms with Gasteiger partial charge in [0.1, 0.15) is 16.1 Å². The van der Waals surface area contributed by atoms with Gasteiger partial charge in [-0.25, -0.2) is 9.98 Å². The summed E-state index contributed by atoms with van der Waals surface area (Å²) in [6.07, 6.45) is 0. The van der Waals surface area contributed by atoms with E-state index in [0.717, 1.165) is 32.9 Å². The maximum absolute atomic E-state index is 5.86. The molecule has 7 heteroatoms. The average Bonchev–Trinajstić information content (AvgIpc) is 3.33. The van der Waals surface area contributed by atoms with Crippen LogP contribution in [0.5, 0.6) is 0 Å². The van der Waals surface area contributed by atoms with E-state index in [9.17, 15) is 0 Å². The van der Waals surface area contributed by atoms with Crippen LogP contribution in [0.25, 0.3) is 32.3 Å². The summed E-state index contributed by atoms with van der Waals surface area (Å²) in [6.45, 7) is 4.94. The molecule has 0 saturated carbocycles. The summed E-state index contributed by atoms with van der Waals surface area (Å²) in [5.41, 5.74) is 1.97. The van der Waals surface area contributed by atoms with Crippen molar-refractivity contribution in [2.45, 2.75) is 13.1 Å². The number of hydrogen-bond acceptors (Lipinski definition) is 2. The van der Waals surface area contributed by atoms with Crippen molar-refractivity contribution in [1.82, 2.24) is 0 Å². The zero-order chi connectivity index (χ0) is 41.8. The molecule has 0 aromatic heterocycles. The number of hydrogen-bond donors (Lipinski definition) is 0. The second-order valence-corrected chi connectivity index (χ2v) is 25.1. The van der Waals surface area contributed by atoms with E-state index in [0.29, 0.717) is 12.7 Å². The van der Waals surface area contributed by atoms with Gasteiger partial charge in [-0.3, -0.25) is 0 Å². The van der Waals surface area contributed by atoms with Gasteiger partial charge in [0.15, 0.2) is 0 Å². The van der Waals surface area contributed by atoms with Crippen molar-refractivity contribution in [1.29, 1.82) is 0 Å². The Morgan fingerprint density at radius 1 is 0.344 bits per heavy atom. The first kappa shape index (κ1) is 40.7. The Hall–Kier alpha value is -5.65. The second kappa shape index (κ2) is 17.8. The molecule has 61 heavy (non-hydrogen) atoms. The van der Waals surface area contributed by atoms with Crippen LogP contribution in [0.4, 0.5) is 11.4 Å². The minimum atomic E-state index is -2.54. The first-order chi connectivity index (χ1) is 30.0.